The normalized spacial score (nSPS) is 12.2. The van der Waals surface area contributed by atoms with Gasteiger partial charge in [-0.05, 0) is 74.9 Å². The Balaban J connectivity index is 2.11. The van der Waals surface area contributed by atoms with Crippen LogP contribution in [0.15, 0.2) is 71.6 Å². The molecular formula is C28H29Cl4N3O4S. The number of sulfonamides is 1. The van der Waals surface area contributed by atoms with Gasteiger partial charge in [-0.15, -0.1) is 0 Å². The predicted molar refractivity (Wildman–Crippen MR) is 162 cm³/mol. The molecule has 0 aliphatic rings. The van der Waals surface area contributed by atoms with Crippen LogP contribution in [0, 0.1) is 0 Å². The number of carbonyl (C=O) groups is 2. The van der Waals surface area contributed by atoms with Gasteiger partial charge in [0.1, 0.15) is 12.6 Å². The number of rotatable bonds is 11. The Morgan fingerprint density at radius 3 is 2.02 bits per heavy atom. The molecule has 3 rings (SSSR count). The van der Waals surface area contributed by atoms with E-state index in [0.717, 1.165) is 4.31 Å². The van der Waals surface area contributed by atoms with E-state index in [0.29, 0.717) is 20.6 Å². The summed E-state index contributed by atoms with van der Waals surface area (Å²) < 4.78 is 28.6. The quantitative estimate of drug-likeness (QED) is 0.248. The molecule has 0 aliphatic carbocycles. The van der Waals surface area contributed by atoms with E-state index in [2.05, 4.69) is 5.32 Å². The third kappa shape index (κ3) is 7.83. The molecule has 0 radical (unpaired) electrons. The molecule has 1 N–H and O–H groups in total. The Kier molecular flexibility index (Phi) is 11.1. The molecule has 0 heterocycles. The third-order valence-electron chi connectivity index (χ3n) is 5.98. The van der Waals surface area contributed by atoms with Crippen LogP contribution in [0.4, 0.5) is 5.69 Å². The minimum atomic E-state index is -4.26. The second-order valence-electron chi connectivity index (χ2n) is 9.25. The molecule has 0 aliphatic heterocycles. The summed E-state index contributed by atoms with van der Waals surface area (Å²) in [6.45, 7) is 4.63. The summed E-state index contributed by atoms with van der Waals surface area (Å²) in [5, 5.41) is 4.09. The molecule has 3 aromatic rings. The smallest absolute Gasteiger partial charge is 0.264 e. The monoisotopic (exact) mass is 643 g/mol. The van der Waals surface area contributed by atoms with Crippen molar-refractivity contribution in [1.82, 2.24) is 10.2 Å². The Labute approximate surface area is 255 Å². The molecule has 0 aromatic heterocycles. The van der Waals surface area contributed by atoms with Crippen molar-refractivity contribution in [3.05, 3.63) is 92.4 Å². The van der Waals surface area contributed by atoms with Crippen molar-refractivity contribution in [3.8, 4) is 0 Å². The molecule has 0 saturated heterocycles. The van der Waals surface area contributed by atoms with Crippen molar-refractivity contribution < 1.29 is 18.0 Å². The molecule has 0 fully saturated rings. The Morgan fingerprint density at radius 1 is 0.875 bits per heavy atom. The zero-order valence-electron chi connectivity index (χ0n) is 22.1. The highest BCUT2D eigenvalue weighted by molar-refractivity contribution is 7.92. The maximum atomic E-state index is 14.1. The maximum absolute atomic E-state index is 14.1. The number of hydrogen-bond acceptors (Lipinski definition) is 4. The first-order valence-corrected chi connectivity index (χ1v) is 15.4. The number of anilines is 1. The number of halogens is 4. The summed E-state index contributed by atoms with van der Waals surface area (Å²) in [5.74, 6) is -1.02. The molecule has 214 valence electrons. The molecule has 0 bridgehead atoms. The van der Waals surface area contributed by atoms with Crippen molar-refractivity contribution in [3.63, 3.8) is 0 Å². The van der Waals surface area contributed by atoms with Crippen LogP contribution < -0.4 is 9.62 Å². The molecular weight excluding hydrogens is 616 g/mol. The van der Waals surface area contributed by atoms with E-state index in [9.17, 15) is 18.0 Å². The van der Waals surface area contributed by atoms with Gasteiger partial charge in [0.15, 0.2) is 0 Å². The van der Waals surface area contributed by atoms with Crippen LogP contribution in [0.5, 0.6) is 0 Å². The Bertz CT molecular complexity index is 1450. The van der Waals surface area contributed by atoms with Crippen LogP contribution in [-0.4, -0.2) is 43.8 Å². The SMILES string of the molecule is CC[C@@H](C(=O)NC(C)C)N(Cc1c(Cl)cccc1Cl)C(=O)CN(c1cccc(Cl)c1)S(=O)(=O)c1ccc(Cl)cc1. The standard InChI is InChI=1S/C28H29Cl4N3O4S/c1-4-26(28(37)33-18(2)3)34(16-23-24(31)9-6-10-25(23)32)27(36)17-35(21-8-5-7-20(30)15-21)40(38,39)22-13-11-19(29)12-14-22/h5-15,18,26H,4,16-17H2,1-3H3,(H,33,37)/t26-/m0/s1. The van der Waals surface area contributed by atoms with Crippen molar-refractivity contribution >= 4 is 73.9 Å². The number of carbonyl (C=O) groups excluding carboxylic acids is 2. The Hall–Kier alpha value is -2.49. The van der Waals surface area contributed by atoms with Gasteiger partial charge in [-0.2, -0.15) is 0 Å². The van der Waals surface area contributed by atoms with Gasteiger partial charge in [-0.1, -0.05) is 65.5 Å². The van der Waals surface area contributed by atoms with E-state index < -0.39 is 28.5 Å². The summed E-state index contributed by atoms with van der Waals surface area (Å²) in [6.07, 6.45) is 0.257. The van der Waals surface area contributed by atoms with E-state index in [4.69, 9.17) is 46.4 Å². The summed E-state index contributed by atoms with van der Waals surface area (Å²) in [6, 6.07) is 15.6. The van der Waals surface area contributed by atoms with E-state index >= 15 is 0 Å². The lowest BCUT2D eigenvalue weighted by molar-refractivity contribution is -0.140. The summed E-state index contributed by atoms with van der Waals surface area (Å²) in [5.41, 5.74) is 0.607. The van der Waals surface area contributed by atoms with E-state index in [1.165, 1.54) is 41.3 Å². The molecule has 0 saturated carbocycles. The molecule has 7 nitrogen and oxygen atoms in total. The average Bonchev–Trinajstić information content (AvgIpc) is 2.88. The zero-order chi connectivity index (χ0) is 29.6. The molecule has 0 spiro atoms. The lowest BCUT2D eigenvalue weighted by atomic mass is 10.1. The third-order valence-corrected chi connectivity index (χ3v) is 8.97. The fourth-order valence-corrected chi connectivity index (χ4v) is 6.28. The van der Waals surface area contributed by atoms with Crippen molar-refractivity contribution in [2.45, 2.75) is 50.7 Å². The van der Waals surface area contributed by atoms with E-state index in [1.54, 1.807) is 51.1 Å². The first-order chi connectivity index (χ1) is 18.8. The largest absolute Gasteiger partial charge is 0.352 e. The van der Waals surface area contributed by atoms with E-state index in [-0.39, 0.29) is 40.5 Å². The highest BCUT2D eigenvalue weighted by atomic mass is 35.5. The average molecular weight is 645 g/mol. The van der Waals surface area contributed by atoms with Gasteiger partial charge in [-0.25, -0.2) is 8.42 Å². The van der Waals surface area contributed by atoms with Gasteiger partial charge in [0.05, 0.1) is 10.6 Å². The first kappa shape index (κ1) is 32.0. The zero-order valence-corrected chi connectivity index (χ0v) is 25.9. The maximum Gasteiger partial charge on any atom is 0.264 e. The second kappa shape index (κ2) is 13.9. The predicted octanol–water partition coefficient (Wildman–Crippen LogP) is 6.83. The van der Waals surface area contributed by atoms with Gasteiger partial charge in [0, 0.05) is 38.2 Å². The van der Waals surface area contributed by atoms with Crippen LogP contribution in [0.3, 0.4) is 0 Å². The highest BCUT2D eigenvalue weighted by Gasteiger charge is 2.34. The molecule has 40 heavy (non-hydrogen) atoms. The fraction of sp³-hybridized carbons (Fsp3) is 0.286. The summed E-state index contributed by atoms with van der Waals surface area (Å²) in [7, 11) is -4.26. The molecule has 1 atom stereocenters. The van der Waals surface area contributed by atoms with Crippen LogP contribution in [0.25, 0.3) is 0 Å². The molecule has 0 unspecified atom stereocenters. The topological polar surface area (TPSA) is 86.8 Å². The van der Waals surface area contributed by atoms with Crippen LogP contribution in [0.2, 0.25) is 20.1 Å². The van der Waals surface area contributed by atoms with Crippen LogP contribution >= 0.6 is 46.4 Å². The van der Waals surface area contributed by atoms with Gasteiger partial charge in [0.2, 0.25) is 11.8 Å². The summed E-state index contributed by atoms with van der Waals surface area (Å²) >= 11 is 25.0. The fourth-order valence-electron chi connectivity index (χ4n) is 4.05. The van der Waals surface area contributed by atoms with Crippen LogP contribution in [0.1, 0.15) is 32.8 Å². The van der Waals surface area contributed by atoms with Crippen molar-refractivity contribution in [2.75, 3.05) is 10.8 Å². The van der Waals surface area contributed by atoms with Gasteiger partial charge in [0.25, 0.3) is 10.0 Å². The van der Waals surface area contributed by atoms with Gasteiger partial charge in [-0.3, -0.25) is 13.9 Å². The van der Waals surface area contributed by atoms with Crippen molar-refractivity contribution in [2.24, 2.45) is 0 Å². The second-order valence-corrected chi connectivity index (χ2v) is 12.8. The lowest BCUT2D eigenvalue weighted by Gasteiger charge is -2.34. The first-order valence-electron chi connectivity index (χ1n) is 12.4. The van der Waals surface area contributed by atoms with Gasteiger partial charge >= 0.3 is 0 Å². The Morgan fingerprint density at radius 2 is 1.48 bits per heavy atom. The number of nitrogens with one attached hydrogen (secondary N) is 1. The minimum Gasteiger partial charge on any atom is -0.352 e. The number of hydrogen-bond donors (Lipinski definition) is 1. The minimum absolute atomic E-state index is 0.0741. The van der Waals surface area contributed by atoms with Gasteiger partial charge < -0.3 is 10.2 Å². The van der Waals surface area contributed by atoms with Crippen LogP contribution in [-0.2, 0) is 26.2 Å². The van der Waals surface area contributed by atoms with Crippen molar-refractivity contribution in [1.29, 1.82) is 0 Å². The highest BCUT2D eigenvalue weighted by Crippen LogP contribution is 2.30. The number of nitrogens with zero attached hydrogens (tertiary/aromatic N) is 2. The number of benzene rings is 3. The summed E-state index contributed by atoms with van der Waals surface area (Å²) in [4.78, 5) is 28.5. The molecule has 2 amide bonds. The molecule has 3 aromatic carbocycles. The van der Waals surface area contributed by atoms with E-state index in [1.807, 2.05) is 0 Å². The number of amides is 2. The lowest BCUT2D eigenvalue weighted by Crippen LogP contribution is -2.53. The molecule has 12 heteroatoms.